The van der Waals surface area contributed by atoms with Gasteiger partial charge in [0.05, 0.1) is 18.5 Å². The number of rotatable bonds is 4. The number of nitrogens with zero attached hydrogens (tertiary/aromatic N) is 3. The average Bonchev–Trinajstić information content (AvgIpc) is 2.63. The van der Waals surface area contributed by atoms with Gasteiger partial charge in [-0.1, -0.05) is 6.07 Å². The summed E-state index contributed by atoms with van der Waals surface area (Å²) in [4.78, 5) is 36.8. The number of carbonyl (C=O) groups is 1. The highest BCUT2D eigenvalue weighted by Crippen LogP contribution is 2.24. The number of aryl methyl sites for hydroxylation is 1. The Morgan fingerprint density at radius 1 is 1.32 bits per heavy atom. The Hall–Kier alpha value is -3.60. The number of hydrogen-bond acceptors (Lipinski definition) is 5. The molecule has 2 aromatic rings. The first kappa shape index (κ1) is 22.4. The van der Waals surface area contributed by atoms with Crippen LogP contribution in [-0.4, -0.2) is 28.2 Å². The lowest BCUT2D eigenvalue weighted by Gasteiger charge is -2.29. The Balaban J connectivity index is 0.00000122. The van der Waals surface area contributed by atoms with Gasteiger partial charge in [-0.3, -0.25) is 4.79 Å². The fourth-order valence-corrected chi connectivity index (χ4v) is 2.80. The summed E-state index contributed by atoms with van der Waals surface area (Å²) in [5.74, 6) is -0.571. The fraction of sp³-hybridized carbons (Fsp3) is 0.211. The lowest BCUT2D eigenvalue weighted by Crippen LogP contribution is -2.40. The summed E-state index contributed by atoms with van der Waals surface area (Å²) in [5.41, 5.74) is 8.49. The van der Waals surface area contributed by atoms with E-state index in [0.29, 0.717) is 10.8 Å². The molecule has 9 heteroatoms. The van der Waals surface area contributed by atoms with Gasteiger partial charge in [0.1, 0.15) is 5.69 Å². The minimum absolute atomic E-state index is 0.0739. The van der Waals surface area contributed by atoms with Gasteiger partial charge in [0.25, 0.3) is 5.91 Å². The summed E-state index contributed by atoms with van der Waals surface area (Å²) in [5, 5.41) is 3.69. The van der Waals surface area contributed by atoms with Crippen molar-refractivity contribution in [3.05, 3.63) is 59.2 Å². The number of benzene rings is 1. The van der Waals surface area contributed by atoms with Crippen LogP contribution in [0.1, 0.15) is 29.9 Å². The number of anilines is 2. The number of thiocarbonyl (C=S) groups is 1. The predicted octanol–water partition coefficient (Wildman–Crippen LogP) is 3.07. The number of amides is 1. The van der Waals surface area contributed by atoms with Gasteiger partial charge in [-0.05, 0) is 62.8 Å². The molecule has 1 aromatic carbocycles. The number of hydrogen-bond donors (Lipinski definition) is 2. The summed E-state index contributed by atoms with van der Waals surface area (Å²) >= 11 is 5.54. The van der Waals surface area contributed by atoms with E-state index in [1.54, 1.807) is 24.4 Å². The van der Waals surface area contributed by atoms with Crippen molar-refractivity contribution in [1.29, 1.82) is 0 Å². The second kappa shape index (κ2) is 10.5. The summed E-state index contributed by atoms with van der Waals surface area (Å²) in [6, 6.07) is 8.87. The van der Waals surface area contributed by atoms with Crippen LogP contribution in [0.4, 0.5) is 17.1 Å². The number of nitrogens with one attached hydrogen (secondary N) is 1. The Kier molecular flexibility index (Phi) is 8.44. The molecule has 1 amide bonds. The van der Waals surface area contributed by atoms with Crippen LogP contribution in [0.15, 0.2) is 36.5 Å². The molecule has 3 N–H and O–H groups in total. The molecule has 2 rings (SSSR count). The molecule has 0 aliphatic carbocycles. The molecule has 0 bridgehead atoms. The molecule has 0 fully saturated rings. The zero-order chi connectivity index (χ0) is 21.3. The normalized spacial score (nSPS) is 9.39. The molecule has 144 valence electrons. The van der Waals surface area contributed by atoms with Crippen molar-refractivity contribution in [3.63, 3.8) is 0 Å². The summed E-state index contributed by atoms with van der Waals surface area (Å²) in [6.07, 6.45) is 1.82. The minimum Gasteiger partial charge on any atom is -0.364 e. The smallest absolute Gasteiger partial charge is 0.364 e. The third-order valence-electron chi connectivity index (χ3n) is 3.58. The molecular weight excluding hydrogens is 378 g/mol. The van der Waals surface area contributed by atoms with Crippen LogP contribution in [0.2, 0.25) is 0 Å². The Labute approximate surface area is 168 Å². The van der Waals surface area contributed by atoms with Crippen molar-refractivity contribution < 1.29 is 14.4 Å². The van der Waals surface area contributed by atoms with E-state index in [4.69, 9.17) is 34.1 Å². The van der Waals surface area contributed by atoms with E-state index in [9.17, 15) is 4.79 Å². The number of primary amides is 1. The number of pyridine rings is 1. The molecule has 0 aliphatic heterocycles. The van der Waals surface area contributed by atoms with Gasteiger partial charge in [-0.2, -0.15) is 9.59 Å². The molecule has 0 saturated heterocycles. The number of carbonyl (C=O) groups excluding carboxylic acids is 3. The molecule has 1 heterocycles. The van der Waals surface area contributed by atoms with Crippen molar-refractivity contribution >= 4 is 46.5 Å². The lowest BCUT2D eigenvalue weighted by molar-refractivity contribution is -0.191. The SMILES string of the molecule is O=C=O.[C-]#[N+]c1ccc(NC(=S)N(c2ccc(C(N)=O)nc2)C(C)C)cc1C. The zero-order valence-corrected chi connectivity index (χ0v) is 16.4. The topological polar surface area (TPSA) is 110 Å². The minimum atomic E-state index is -0.571. The summed E-state index contributed by atoms with van der Waals surface area (Å²) < 4.78 is 0. The van der Waals surface area contributed by atoms with E-state index in [1.807, 2.05) is 37.8 Å². The van der Waals surface area contributed by atoms with Crippen LogP contribution < -0.4 is 16.0 Å². The van der Waals surface area contributed by atoms with Crippen LogP contribution in [0.5, 0.6) is 0 Å². The molecule has 0 atom stereocenters. The van der Waals surface area contributed by atoms with Crippen LogP contribution in [0.3, 0.4) is 0 Å². The first-order valence-corrected chi connectivity index (χ1v) is 8.49. The van der Waals surface area contributed by atoms with Gasteiger partial charge in [0.2, 0.25) is 0 Å². The van der Waals surface area contributed by atoms with Crippen LogP contribution >= 0.6 is 12.2 Å². The highest BCUT2D eigenvalue weighted by molar-refractivity contribution is 7.80. The van der Waals surface area contributed by atoms with Crippen LogP contribution in [0, 0.1) is 13.5 Å². The van der Waals surface area contributed by atoms with Crippen LogP contribution in [-0.2, 0) is 9.59 Å². The van der Waals surface area contributed by atoms with Crippen molar-refractivity contribution in [2.45, 2.75) is 26.8 Å². The quantitative estimate of drug-likeness (QED) is 0.603. The maximum Gasteiger partial charge on any atom is 0.373 e. The molecule has 0 unspecified atom stereocenters. The van der Waals surface area contributed by atoms with E-state index < -0.39 is 5.91 Å². The van der Waals surface area contributed by atoms with Gasteiger partial charge in [-0.15, -0.1) is 0 Å². The third-order valence-corrected chi connectivity index (χ3v) is 3.88. The molecule has 0 aliphatic rings. The molecule has 0 radical (unpaired) electrons. The summed E-state index contributed by atoms with van der Waals surface area (Å²) in [6.45, 7) is 13.0. The van der Waals surface area contributed by atoms with E-state index in [0.717, 1.165) is 16.9 Å². The van der Waals surface area contributed by atoms with Crippen LogP contribution in [0.25, 0.3) is 4.85 Å². The second-order valence-electron chi connectivity index (χ2n) is 5.86. The maximum atomic E-state index is 11.2. The van der Waals surface area contributed by atoms with Crippen molar-refractivity contribution in [2.75, 3.05) is 10.2 Å². The largest absolute Gasteiger partial charge is 0.373 e. The Morgan fingerprint density at radius 2 is 1.96 bits per heavy atom. The third kappa shape index (κ3) is 5.99. The standard InChI is InChI=1S/C18H19N5OS.CO2/c1-11(2)23(14-6-8-16(17(19)24)21-10-14)18(25)22-13-5-7-15(20-4)12(3)9-13;2-1-3/h5-11H,1-3H3,(H2,19,24)(H,22,25);. The van der Waals surface area contributed by atoms with E-state index in [2.05, 4.69) is 15.1 Å². The fourth-order valence-electron chi connectivity index (χ4n) is 2.37. The Bertz CT molecular complexity index is 930. The molecule has 0 spiro atoms. The number of aromatic nitrogens is 1. The molecule has 28 heavy (non-hydrogen) atoms. The van der Waals surface area contributed by atoms with E-state index >= 15 is 0 Å². The van der Waals surface area contributed by atoms with Gasteiger partial charge < -0.3 is 16.0 Å². The molecule has 1 aromatic heterocycles. The van der Waals surface area contributed by atoms with Gasteiger partial charge in [0.15, 0.2) is 10.8 Å². The van der Waals surface area contributed by atoms with E-state index in [1.165, 1.54) is 0 Å². The van der Waals surface area contributed by atoms with Crippen molar-refractivity contribution in [2.24, 2.45) is 5.73 Å². The van der Waals surface area contributed by atoms with Crippen molar-refractivity contribution in [1.82, 2.24) is 4.98 Å². The molecular formula is C19H19N5O3S. The van der Waals surface area contributed by atoms with Gasteiger partial charge in [0, 0.05) is 11.7 Å². The zero-order valence-electron chi connectivity index (χ0n) is 15.6. The Morgan fingerprint density at radius 3 is 2.39 bits per heavy atom. The summed E-state index contributed by atoms with van der Waals surface area (Å²) in [7, 11) is 0. The first-order chi connectivity index (χ1) is 13.2. The maximum absolute atomic E-state index is 11.2. The number of nitrogens with two attached hydrogens (primary N) is 1. The monoisotopic (exact) mass is 397 g/mol. The van der Waals surface area contributed by atoms with Gasteiger partial charge >= 0.3 is 6.15 Å². The highest BCUT2D eigenvalue weighted by atomic mass is 32.1. The predicted molar refractivity (Wildman–Crippen MR) is 109 cm³/mol. The van der Waals surface area contributed by atoms with Crippen molar-refractivity contribution in [3.8, 4) is 0 Å². The van der Waals surface area contributed by atoms with E-state index in [-0.39, 0.29) is 17.9 Å². The second-order valence-corrected chi connectivity index (χ2v) is 6.24. The van der Waals surface area contributed by atoms with Gasteiger partial charge in [-0.25, -0.2) is 9.83 Å². The highest BCUT2D eigenvalue weighted by Gasteiger charge is 2.17. The lowest BCUT2D eigenvalue weighted by atomic mass is 10.2. The molecule has 8 nitrogen and oxygen atoms in total. The first-order valence-electron chi connectivity index (χ1n) is 8.08. The average molecular weight is 397 g/mol. The molecule has 0 saturated carbocycles.